The topological polar surface area (TPSA) is 66.5 Å². The Balaban J connectivity index is 2.13. The molecule has 1 radical (unpaired) electrons. The average Bonchev–Trinajstić information content (AvgIpc) is 2.15. The minimum Gasteiger partial charge on any atom is -0.348 e. The molecule has 14 heavy (non-hydrogen) atoms. The first kappa shape index (κ1) is 11.5. The van der Waals surface area contributed by atoms with Crippen LogP contribution in [0.25, 0.3) is 0 Å². The Morgan fingerprint density at radius 1 is 1.29 bits per heavy atom. The maximum absolute atomic E-state index is 11.1. The first-order chi connectivity index (χ1) is 6.64. The second-order valence-electron chi connectivity index (χ2n) is 3.38. The lowest BCUT2D eigenvalue weighted by Gasteiger charge is -2.26. The lowest BCUT2D eigenvalue weighted by molar-refractivity contribution is 0.292. The summed E-state index contributed by atoms with van der Waals surface area (Å²) in [5.41, 5.74) is 0. The van der Waals surface area contributed by atoms with Crippen LogP contribution >= 0.6 is 0 Å². The number of rotatable bonds is 5. The van der Waals surface area contributed by atoms with Gasteiger partial charge in [0.15, 0.2) is 9.84 Å². The van der Waals surface area contributed by atoms with Gasteiger partial charge in [-0.3, -0.25) is 4.79 Å². The Morgan fingerprint density at radius 3 is 2.50 bits per heavy atom. The van der Waals surface area contributed by atoms with Crippen molar-refractivity contribution in [1.29, 1.82) is 0 Å². The summed E-state index contributed by atoms with van der Waals surface area (Å²) in [7, 11) is -2.77. The molecule has 1 aliphatic heterocycles. The molecule has 6 heteroatoms. The summed E-state index contributed by atoms with van der Waals surface area (Å²) in [5.74, 6) is 0.528. The molecule has 0 unspecified atom stereocenters. The molecule has 0 aromatic heterocycles. The standard InChI is InChI=1S/C8H15N2O3S/c11-8-9-2-1-3-10-4-6-14(12,13)7-5-10/h1-7H2,(H,9,11). The van der Waals surface area contributed by atoms with Gasteiger partial charge in [-0.1, -0.05) is 0 Å². The number of hydrogen-bond donors (Lipinski definition) is 1. The van der Waals surface area contributed by atoms with E-state index in [1.807, 2.05) is 0 Å². The van der Waals surface area contributed by atoms with Crippen LogP contribution in [0.15, 0.2) is 0 Å². The molecule has 1 heterocycles. The van der Waals surface area contributed by atoms with E-state index >= 15 is 0 Å². The molecule has 1 fully saturated rings. The fourth-order valence-corrected chi connectivity index (χ4v) is 2.69. The highest BCUT2D eigenvalue weighted by Crippen LogP contribution is 2.03. The van der Waals surface area contributed by atoms with Crippen molar-refractivity contribution in [3.05, 3.63) is 0 Å². The number of hydrogen-bond acceptors (Lipinski definition) is 4. The molecular formula is C8H15N2O3S. The minimum atomic E-state index is -2.77. The number of sulfone groups is 1. The van der Waals surface area contributed by atoms with E-state index in [-0.39, 0.29) is 11.5 Å². The zero-order valence-corrected chi connectivity index (χ0v) is 8.85. The molecule has 1 saturated heterocycles. The van der Waals surface area contributed by atoms with Crippen LogP contribution in [0.4, 0.5) is 0 Å². The first-order valence-corrected chi connectivity index (χ1v) is 6.49. The fourth-order valence-electron chi connectivity index (χ4n) is 1.42. The van der Waals surface area contributed by atoms with Crippen molar-refractivity contribution >= 4 is 16.2 Å². The fraction of sp³-hybridized carbons (Fsp3) is 0.875. The van der Waals surface area contributed by atoms with Gasteiger partial charge in [-0.05, 0) is 13.0 Å². The maximum atomic E-state index is 11.1. The molecule has 81 valence electrons. The van der Waals surface area contributed by atoms with Gasteiger partial charge < -0.3 is 10.2 Å². The van der Waals surface area contributed by atoms with Crippen LogP contribution in [0, 0.1) is 0 Å². The van der Waals surface area contributed by atoms with Crippen LogP contribution in [0.5, 0.6) is 0 Å². The monoisotopic (exact) mass is 219 g/mol. The first-order valence-electron chi connectivity index (χ1n) is 4.67. The number of carbonyl (C=O) groups excluding carboxylic acids is 1. The minimum absolute atomic E-state index is 0.264. The average molecular weight is 219 g/mol. The van der Waals surface area contributed by atoms with Crippen LogP contribution in [0.2, 0.25) is 0 Å². The predicted octanol–water partition coefficient (Wildman–Crippen LogP) is -1.24. The molecule has 0 atom stereocenters. The SMILES string of the molecule is O=[C]NCCCN1CCS(=O)(=O)CC1. The molecule has 1 amide bonds. The molecular weight excluding hydrogens is 204 g/mol. The van der Waals surface area contributed by atoms with Gasteiger partial charge in [-0.2, -0.15) is 0 Å². The molecule has 0 bridgehead atoms. The molecule has 1 N–H and O–H groups in total. The highest BCUT2D eigenvalue weighted by molar-refractivity contribution is 7.91. The molecule has 0 spiro atoms. The Bertz CT molecular complexity index is 262. The third-order valence-electron chi connectivity index (χ3n) is 2.29. The van der Waals surface area contributed by atoms with Gasteiger partial charge in [-0.25, -0.2) is 8.42 Å². The van der Waals surface area contributed by atoms with Crippen LogP contribution in [-0.2, 0) is 14.6 Å². The normalized spacial score (nSPS) is 21.7. The van der Waals surface area contributed by atoms with E-state index in [1.165, 1.54) is 0 Å². The molecule has 0 aromatic rings. The summed E-state index contributed by atoms with van der Waals surface area (Å²) in [6.07, 6.45) is 2.45. The molecule has 1 aliphatic rings. The Labute approximate surface area is 84.4 Å². The van der Waals surface area contributed by atoms with Crippen LogP contribution < -0.4 is 5.32 Å². The smallest absolute Gasteiger partial charge is 0.309 e. The molecule has 5 nitrogen and oxygen atoms in total. The van der Waals surface area contributed by atoms with Crippen molar-refractivity contribution in [3.63, 3.8) is 0 Å². The van der Waals surface area contributed by atoms with Gasteiger partial charge in [0.2, 0.25) is 0 Å². The summed E-state index contributed by atoms with van der Waals surface area (Å²) in [4.78, 5) is 11.9. The number of nitrogens with one attached hydrogen (secondary N) is 1. The second kappa shape index (κ2) is 5.31. The Morgan fingerprint density at radius 2 is 1.93 bits per heavy atom. The summed E-state index contributed by atoms with van der Waals surface area (Å²) in [5, 5.41) is 2.45. The van der Waals surface area contributed by atoms with Crippen molar-refractivity contribution in [1.82, 2.24) is 10.2 Å². The second-order valence-corrected chi connectivity index (χ2v) is 5.68. The van der Waals surface area contributed by atoms with Crippen molar-refractivity contribution in [2.75, 3.05) is 37.7 Å². The van der Waals surface area contributed by atoms with E-state index in [2.05, 4.69) is 10.2 Å². The quantitative estimate of drug-likeness (QED) is 0.464. The lowest BCUT2D eigenvalue weighted by atomic mass is 10.3. The third kappa shape index (κ3) is 4.06. The predicted molar refractivity (Wildman–Crippen MR) is 53.4 cm³/mol. The van der Waals surface area contributed by atoms with Crippen LogP contribution in [-0.4, -0.2) is 57.4 Å². The van der Waals surface area contributed by atoms with Gasteiger partial charge in [-0.15, -0.1) is 0 Å². The van der Waals surface area contributed by atoms with E-state index in [1.54, 1.807) is 6.41 Å². The van der Waals surface area contributed by atoms with Crippen LogP contribution in [0.1, 0.15) is 6.42 Å². The maximum Gasteiger partial charge on any atom is 0.309 e. The third-order valence-corrected chi connectivity index (χ3v) is 3.89. The summed E-state index contributed by atoms with van der Waals surface area (Å²) >= 11 is 0. The Hall–Kier alpha value is -0.620. The van der Waals surface area contributed by atoms with Crippen molar-refractivity contribution < 1.29 is 13.2 Å². The van der Waals surface area contributed by atoms with Crippen molar-refractivity contribution in [3.8, 4) is 0 Å². The zero-order valence-electron chi connectivity index (χ0n) is 8.03. The number of amides is 1. The van der Waals surface area contributed by atoms with Crippen molar-refractivity contribution in [2.24, 2.45) is 0 Å². The van der Waals surface area contributed by atoms with Gasteiger partial charge in [0.05, 0.1) is 11.5 Å². The van der Waals surface area contributed by atoms with Crippen molar-refractivity contribution in [2.45, 2.75) is 6.42 Å². The highest BCUT2D eigenvalue weighted by Gasteiger charge is 2.20. The van der Waals surface area contributed by atoms with Gasteiger partial charge >= 0.3 is 6.41 Å². The lowest BCUT2D eigenvalue weighted by Crippen LogP contribution is -2.41. The molecule has 1 rings (SSSR count). The van der Waals surface area contributed by atoms with E-state index in [0.29, 0.717) is 19.6 Å². The van der Waals surface area contributed by atoms with E-state index in [9.17, 15) is 13.2 Å². The highest BCUT2D eigenvalue weighted by atomic mass is 32.2. The largest absolute Gasteiger partial charge is 0.348 e. The van der Waals surface area contributed by atoms with Gasteiger partial charge in [0.25, 0.3) is 0 Å². The van der Waals surface area contributed by atoms with E-state index < -0.39 is 9.84 Å². The van der Waals surface area contributed by atoms with Crippen LogP contribution in [0.3, 0.4) is 0 Å². The summed E-state index contributed by atoms with van der Waals surface area (Å²) in [6, 6.07) is 0. The number of nitrogens with zero attached hydrogens (tertiary/aromatic N) is 1. The zero-order chi connectivity index (χ0) is 10.4. The van der Waals surface area contributed by atoms with E-state index in [0.717, 1.165) is 13.0 Å². The Kier molecular flexibility index (Phi) is 4.34. The van der Waals surface area contributed by atoms with E-state index in [4.69, 9.17) is 0 Å². The molecule has 0 aliphatic carbocycles. The molecule has 0 aromatic carbocycles. The van der Waals surface area contributed by atoms with Gasteiger partial charge in [0, 0.05) is 19.6 Å². The molecule has 0 saturated carbocycles. The summed E-state index contributed by atoms with van der Waals surface area (Å²) < 4.78 is 22.2. The summed E-state index contributed by atoms with van der Waals surface area (Å²) in [6.45, 7) is 2.68. The van der Waals surface area contributed by atoms with Gasteiger partial charge in [0.1, 0.15) is 0 Å².